The van der Waals surface area contributed by atoms with E-state index in [9.17, 15) is 24.0 Å². The van der Waals surface area contributed by atoms with E-state index in [0.717, 1.165) is 149 Å². The zero-order chi connectivity index (χ0) is 93.2. The van der Waals surface area contributed by atoms with E-state index in [1.165, 1.54) is 234 Å². The number of nitrogens with zero attached hydrogens (tertiary/aromatic N) is 3. The van der Waals surface area contributed by atoms with E-state index >= 15 is 0 Å². The van der Waals surface area contributed by atoms with Crippen LogP contribution in [0.3, 0.4) is 0 Å². The van der Waals surface area contributed by atoms with Crippen molar-refractivity contribution >= 4 is 29.8 Å². The van der Waals surface area contributed by atoms with Crippen LogP contribution >= 0.6 is 0 Å². The molecular weight excluding hydrogens is 1650 g/mol. The Balaban J connectivity index is 0.769. The van der Waals surface area contributed by atoms with Crippen molar-refractivity contribution in [2.75, 3.05) is 118 Å². The van der Waals surface area contributed by atoms with Gasteiger partial charge in [0.2, 0.25) is 0 Å². The number of benzene rings is 4. The zero-order valence-electron chi connectivity index (χ0n) is 83.6. The van der Waals surface area contributed by atoms with Crippen molar-refractivity contribution in [3.05, 3.63) is 132 Å². The Morgan fingerprint density at radius 1 is 0.250 bits per heavy atom. The van der Waals surface area contributed by atoms with Crippen molar-refractivity contribution in [1.29, 1.82) is 0 Å². The van der Waals surface area contributed by atoms with Crippen LogP contribution in [0.25, 0.3) is 0 Å². The smallest absolute Gasteiger partial charge is 0.330 e. The van der Waals surface area contributed by atoms with Gasteiger partial charge in [-0.1, -0.05) is 186 Å². The number of carbonyl (C=O) groups is 5. The Bertz CT molecular complexity index is 3150. The molecule has 0 N–H and O–H groups in total. The third kappa shape index (κ3) is 49.2. The molecule has 8 rings (SSSR count). The van der Waals surface area contributed by atoms with Gasteiger partial charge >= 0.3 is 29.8 Å². The van der Waals surface area contributed by atoms with Crippen LogP contribution in [0.1, 0.15) is 420 Å². The van der Waals surface area contributed by atoms with E-state index < -0.39 is 5.97 Å². The molecule has 0 aromatic heterocycles. The van der Waals surface area contributed by atoms with E-state index in [1.807, 2.05) is 0 Å². The van der Waals surface area contributed by atoms with Crippen molar-refractivity contribution in [2.45, 2.75) is 398 Å². The molecule has 4 aromatic rings. The number of rotatable bonds is 76. The fraction of sp³-hybridized carbons (Fsp3) is 0.730. The van der Waals surface area contributed by atoms with Crippen LogP contribution < -0.4 is 18.9 Å². The van der Waals surface area contributed by atoms with E-state index in [0.29, 0.717) is 148 Å². The molecule has 4 aliphatic carbocycles. The van der Waals surface area contributed by atoms with Gasteiger partial charge in [-0.25, -0.2) is 4.79 Å². The molecular formula is C115H183N3O14. The van der Waals surface area contributed by atoms with E-state index in [-0.39, 0.29) is 56.2 Å². The van der Waals surface area contributed by atoms with Crippen molar-refractivity contribution in [1.82, 2.24) is 14.7 Å². The number of unbranched alkanes of at least 4 members (excludes halogenated alkanes) is 20. The quantitative estimate of drug-likeness (QED) is 0.0176. The molecule has 0 saturated heterocycles. The summed E-state index contributed by atoms with van der Waals surface area (Å²) in [7, 11) is 0. The Kier molecular flexibility index (Phi) is 59.1. The summed E-state index contributed by atoms with van der Waals surface area (Å²) in [6.45, 7) is 21.6. The lowest BCUT2D eigenvalue weighted by Gasteiger charge is -2.29. The van der Waals surface area contributed by atoms with Crippen molar-refractivity contribution in [3.8, 4) is 23.0 Å². The second kappa shape index (κ2) is 70.7. The summed E-state index contributed by atoms with van der Waals surface area (Å²) < 4.78 is 53.4. The molecule has 4 fully saturated rings. The minimum absolute atomic E-state index is 0.169. The zero-order valence-corrected chi connectivity index (χ0v) is 83.6. The summed E-state index contributed by atoms with van der Waals surface area (Å²) in [4.78, 5) is 72.7. The first kappa shape index (κ1) is 110. The van der Waals surface area contributed by atoms with Gasteiger partial charge in [-0.15, -0.1) is 0 Å². The van der Waals surface area contributed by atoms with Gasteiger partial charge in [0.25, 0.3) is 0 Å². The Morgan fingerprint density at radius 3 is 0.689 bits per heavy atom. The molecule has 17 nitrogen and oxygen atoms in total. The fourth-order valence-corrected chi connectivity index (χ4v) is 20.6. The SMILES string of the molecule is C=CC(=O)OCCN(CCCN(CCC(=O)OCCCCCCOc1ccc(C2CCC(CCCCC)CC2)cc1)CCC(=O)OCCCCCCOc1ccc(C2CCC(CCCCC)CC2)cc1)CCCN(CCC(=O)OCCCCCCOc1ccc(C2CCC(CCCCC)CC2)cc1)CCC(=O)OCCCCCCOc1ccc(C2CCC(CCCCC)CC2)cc1. The lowest BCUT2D eigenvalue weighted by molar-refractivity contribution is -0.146. The highest BCUT2D eigenvalue weighted by molar-refractivity contribution is 5.81. The Labute approximate surface area is 801 Å². The van der Waals surface area contributed by atoms with Gasteiger partial charge in [0.1, 0.15) is 29.6 Å². The maximum Gasteiger partial charge on any atom is 0.330 e. The Hall–Kier alpha value is -6.95. The average Bonchev–Trinajstić information content (AvgIpc) is 0.866. The predicted octanol–water partition coefficient (Wildman–Crippen LogP) is 28.1. The summed E-state index contributed by atoms with van der Waals surface area (Å²) in [5.74, 6) is 8.42. The molecule has 0 atom stereocenters. The van der Waals surface area contributed by atoms with Crippen molar-refractivity contribution in [2.24, 2.45) is 23.7 Å². The highest BCUT2D eigenvalue weighted by Crippen LogP contribution is 2.43. The van der Waals surface area contributed by atoms with Crippen LogP contribution in [-0.4, -0.2) is 163 Å². The molecule has 4 saturated carbocycles. The van der Waals surface area contributed by atoms with Crippen LogP contribution in [0.2, 0.25) is 0 Å². The molecule has 4 aromatic carbocycles. The lowest BCUT2D eigenvalue weighted by atomic mass is 9.77. The number of esters is 5. The second-order valence-electron chi connectivity index (χ2n) is 39.7. The molecule has 0 bridgehead atoms. The van der Waals surface area contributed by atoms with Gasteiger partial charge in [0, 0.05) is 38.8 Å². The highest BCUT2D eigenvalue weighted by atomic mass is 16.5. The van der Waals surface area contributed by atoms with Gasteiger partial charge in [-0.05, 0) is 363 Å². The summed E-state index contributed by atoms with van der Waals surface area (Å²) in [5.41, 5.74) is 5.78. The summed E-state index contributed by atoms with van der Waals surface area (Å²) >= 11 is 0. The molecule has 0 unspecified atom stereocenters. The molecule has 742 valence electrons. The van der Waals surface area contributed by atoms with E-state index in [4.69, 9.17) is 42.6 Å². The second-order valence-corrected chi connectivity index (χ2v) is 39.7. The number of carbonyl (C=O) groups excluding carboxylic acids is 5. The van der Waals surface area contributed by atoms with Gasteiger partial charge in [0.05, 0.1) is 78.5 Å². The monoisotopic (exact) mass is 1830 g/mol. The maximum absolute atomic E-state index is 13.4. The minimum Gasteiger partial charge on any atom is -0.494 e. The molecule has 0 spiro atoms. The number of hydrogen-bond donors (Lipinski definition) is 0. The van der Waals surface area contributed by atoms with Crippen LogP contribution in [-0.2, 0) is 47.7 Å². The topological polar surface area (TPSA) is 178 Å². The van der Waals surface area contributed by atoms with Crippen molar-refractivity contribution in [3.63, 3.8) is 0 Å². The van der Waals surface area contributed by atoms with Crippen molar-refractivity contribution < 1.29 is 66.6 Å². The van der Waals surface area contributed by atoms with Crippen LogP contribution in [0.4, 0.5) is 0 Å². The first-order valence-corrected chi connectivity index (χ1v) is 54.3. The van der Waals surface area contributed by atoms with Gasteiger partial charge in [0.15, 0.2) is 0 Å². The van der Waals surface area contributed by atoms with Crippen LogP contribution in [0.5, 0.6) is 23.0 Å². The maximum atomic E-state index is 13.4. The van der Waals surface area contributed by atoms with Gasteiger partial charge in [-0.2, -0.15) is 0 Å². The standard InChI is InChI=1S/C115H183N3O14/c1-6-11-23-37-95-41-49-99(50-42-95)103-57-65-107(66-58-103)124-86-27-15-19-31-90-128-112(120)73-81-117(82-74-113(121)129-91-32-20-16-28-87-125-108-67-59-104(60-68-108)100-51-43-96(44-52-100)38-24-12-7-2)79-35-77-116(85-94-132-111(119)10-5)78-36-80-118(83-75-114(122)130-92-33-21-17-29-88-126-109-69-61-105(62-70-109)101-53-45-97(46-54-101)39-25-13-8-3)84-76-115(123)131-93-34-22-18-30-89-127-110-71-63-106(64-72-110)102-55-47-98(48-56-102)40-26-14-9-4/h10,57-72,95-102H,5-9,11-56,73-94H2,1-4H3. The van der Waals surface area contributed by atoms with Gasteiger partial charge < -0.3 is 52.4 Å². The lowest BCUT2D eigenvalue weighted by Crippen LogP contribution is -2.37. The first-order valence-electron chi connectivity index (χ1n) is 54.3. The average molecular weight is 1830 g/mol. The van der Waals surface area contributed by atoms with E-state index in [2.05, 4.69) is 146 Å². The molecule has 132 heavy (non-hydrogen) atoms. The summed E-state index contributed by atoms with van der Waals surface area (Å²) in [5, 5.41) is 0. The minimum atomic E-state index is -0.490. The van der Waals surface area contributed by atoms with E-state index in [1.54, 1.807) is 0 Å². The molecule has 17 heteroatoms. The third-order valence-corrected chi connectivity index (χ3v) is 29.2. The number of ether oxygens (including phenoxy) is 9. The summed E-state index contributed by atoms with van der Waals surface area (Å²) in [6.07, 6.45) is 60.6. The normalized spacial score (nSPS) is 18.7. The first-order chi connectivity index (χ1) is 64.8. The van der Waals surface area contributed by atoms with Crippen LogP contribution in [0.15, 0.2) is 110 Å². The molecule has 0 heterocycles. The molecule has 4 aliphatic rings. The fourth-order valence-electron chi connectivity index (χ4n) is 20.6. The molecule has 0 amide bonds. The van der Waals surface area contributed by atoms with Crippen LogP contribution in [0, 0.1) is 23.7 Å². The molecule has 0 radical (unpaired) electrons. The highest BCUT2D eigenvalue weighted by Gasteiger charge is 2.28. The molecule has 0 aliphatic heterocycles. The Morgan fingerprint density at radius 2 is 0.470 bits per heavy atom. The third-order valence-electron chi connectivity index (χ3n) is 29.2. The van der Waals surface area contributed by atoms with Gasteiger partial charge in [-0.3, -0.25) is 24.1 Å². The summed E-state index contributed by atoms with van der Waals surface area (Å²) in [6, 6.07) is 35.3. The predicted molar refractivity (Wildman–Crippen MR) is 539 cm³/mol. The number of hydrogen-bond acceptors (Lipinski definition) is 17. The largest absolute Gasteiger partial charge is 0.494 e.